The monoisotopic (exact) mass is 330 g/mol. The van der Waals surface area contributed by atoms with Crippen molar-refractivity contribution in [3.05, 3.63) is 47.6 Å². The molecular weight excluding hydrogens is 312 g/mol. The number of carbonyl (C=O) groups excluding carboxylic acids is 2. The number of ether oxygens (including phenoxy) is 2. The highest BCUT2D eigenvalue weighted by Crippen LogP contribution is 2.31. The third-order valence-electron chi connectivity index (χ3n) is 3.94. The number of carbonyl (C=O) groups is 2. The molecule has 0 spiro atoms. The van der Waals surface area contributed by atoms with E-state index >= 15 is 0 Å². The van der Waals surface area contributed by atoms with Crippen LogP contribution in [0.25, 0.3) is 0 Å². The lowest BCUT2D eigenvalue weighted by Crippen LogP contribution is -2.19. The average Bonchev–Trinajstić information content (AvgIpc) is 3.19. The first-order chi connectivity index (χ1) is 11.4. The molecule has 126 valence electrons. The number of esters is 1. The van der Waals surface area contributed by atoms with Gasteiger partial charge in [0.05, 0.1) is 6.10 Å². The fourth-order valence-electron chi connectivity index (χ4n) is 2.76. The summed E-state index contributed by atoms with van der Waals surface area (Å²) in [7, 11) is 0. The van der Waals surface area contributed by atoms with Gasteiger partial charge in [-0.3, -0.25) is 4.79 Å². The lowest BCUT2D eigenvalue weighted by Gasteiger charge is -2.15. The molecule has 0 aliphatic carbocycles. The first-order valence-electron chi connectivity index (χ1n) is 7.73. The predicted molar refractivity (Wildman–Crippen MR) is 84.9 cm³/mol. The fraction of sp³-hybridized carbons (Fsp3) is 0.333. The molecule has 6 nitrogen and oxygen atoms in total. The zero-order valence-corrected chi connectivity index (χ0v) is 13.1. The van der Waals surface area contributed by atoms with Gasteiger partial charge in [0.15, 0.2) is 5.78 Å². The number of aromatic hydroxyl groups is 2. The summed E-state index contributed by atoms with van der Waals surface area (Å²) in [5.74, 6) is -1.63. The Bertz CT molecular complexity index is 733. The molecule has 0 unspecified atom stereocenters. The number of ketones is 1. The van der Waals surface area contributed by atoms with Gasteiger partial charge >= 0.3 is 5.97 Å². The predicted octanol–water partition coefficient (Wildman–Crippen LogP) is 2.04. The molecule has 2 heterocycles. The average molecular weight is 330 g/mol. The van der Waals surface area contributed by atoms with E-state index in [1.165, 1.54) is 12.1 Å². The van der Waals surface area contributed by atoms with Crippen molar-refractivity contribution in [2.75, 3.05) is 0 Å². The third kappa shape index (κ3) is 3.65. The number of hydrogen-bond donors (Lipinski definition) is 2. The molecule has 0 bridgehead atoms. The minimum Gasteiger partial charge on any atom is -0.508 e. The molecule has 1 fully saturated rings. The van der Waals surface area contributed by atoms with Crippen LogP contribution in [0.2, 0.25) is 0 Å². The van der Waals surface area contributed by atoms with Crippen molar-refractivity contribution in [3.63, 3.8) is 0 Å². The number of allylic oxidation sites excluding steroid dienone is 3. The van der Waals surface area contributed by atoms with Crippen LogP contribution in [0.1, 0.15) is 29.3 Å². The van der Waals surface area contributed by atoms with Crippen molar-refractivity contribution in [3.8, 4) is 11.5 Å². The van der Waals surface area contributed by atoms with Gasteiger partial charge in [0.1, 0.15) is 29.3 Å². The zero-order chi connectivity index (χ0) is 17.3. The van der Waals surface area contributed by atoms with Crippen molar-refractivity contribution in [2.45, 2.75) is 38.1 Å². The Morgan fingerprint density at radius 2 is 1.96 bits per heavy atom. The van der Waals surface area contributed by atoms with E-state index in [0.717, 1.165) is 6.07 Å². The van der Waals surface area contributed by atoms with Crippen molar-refractivity contribution >= 4 is 11.8 Å². The van der Waals surface area contributed by atoms with Gasteiger partial charge in [0, 0.05) is 18.9 Å². The van der Waals surface area contributed by atoms with E-state index in [2.05, 4.69) is 0 Å². The number of benzene rings is 1. The summed E-state index contributed by atoms with van der Waals surface area (Å²) in [6, 6.07) is 2.34. The van der Waals surface area contributed by atoms with E-state index in [1.54, 1.807) is 19.1 Å². The number of epoxide rings is 1. The van der Waals surface area contributed by atoms with Crippen LogP contribution >= 0.6 is 0 Å². The maximum Gasteiger partial charge on any atom is 0.342 e. The van der Waals surface area contributed by atoms with Crippen LogP contribution in [0.4, 0.5) is 0 Å². The molecule has 2 aliphatic heterocycles. The Balaban J connectivity index is 1.96. The van der Waals surface area contributed by atoms with Gasteiger partial charge in [-0.1, -0.05) is 18.2 Å². The van der Waals surface area contributed by atoms with Crippen LogP contribution in [0.5, 0.6) is 11.5 Å². The topological polar surface area (TPSA) is 96.4 Å². The summed E-state index contributed by atoms with van der Waals surface area (Å²) < 4.78 is 10.8. The molecule has 3 atom stereocenters. The Hall–Kier alpha value is -2.60. The Kier molecular flexibility index (Phi) is 4.40. The minimum absolute atomic E-state index is 0.0241. The zero-order valence-electron chi connectivity index (χ0n) is 13.1. The van der Waals surface area contributed by atoms with Crippen LogP contribution in [0, 0.1) is 0 Å². The summed E-state index contributed by atoms with van der Waals surface area (Å²) in [5, 5.41) is 19.7. The molecule has 2 aliphatic rings. The molecule has 6 heteroatoms. The maximum atomic E-state index is 12.4. The molecule has 1 aromatic carbocycles. The first kappa shape index (κ1) is 16.3. The molecule has 1 aromatic rings. The van der Waals surface area contributed by atoms with E-state index in [0.29, 0.717) is 6.42 Å². The number of fused-ring (bicyclic) bond motifs is 2. The van der Waals surface area contributed by atoms with Gasteiger partial charge in [-0.2, -0.15) is 0 Å². The number of cyclic esters (lactones) is 1. The van der Waals surface area contributed by atoms with Gasteiger partial charge < -0.3 is 19.7 Å². The van der Waals surface area contributed by atoms with Gasteiger partial charge in [0.2, 0.25) is 0 Å². The lowest BCUT2D eigenvalue weighted by molar-refractivity contribution is -0.114. The normalized spacial score (nSPS) is 27.0. The van der Waals surface area contributed by atoms with E-state index < -0.39 is 17.8 Å². The van der Waals surface area contributed by atoms with E-state index in [4.69, 9.17) is 9.47 Å². The van der Waals surface area contributed by atoms with Gasteiger partial charge in [-0.25, -0.2) is 4.79 Å². The smallest absolute Gasteiger partial charge is 0.342 e. The Morgan fingerprint density at radius 3 is 2.75 bits per heavy atom. The van der Waals surface area contributed by atoms with E-state index in [1.807, 2.05) is 6.08 Å². The largest absolute Gasteiger partial charge is 0.508 e. The highest BCUT2D eigenvalue weighted by atomic mass is 16.6. The lowest BCUT2D eigenvalue weighted by atomic mass is 10.00. The fourth-order valence-corrected chi connectivity index (χ4v) is 2.76. The van der Waals surface area contributed by atoms with Gasteiger partial charge in [0.25, 0.3) is 0 Å². The first-order valence-corrected chi connectivity index (χ1v) is 7.73. The molecule has 3 rings (SSSR count). The third-order valence-corrected chi connectivity index (χ3v) is 3.94. The quantitative estimate of drug-likeness (QED) is 0.558. The number of hydrogen-bond acceptors (Lipinski definition) is 6. The van der Waals surface area contributed by atoms with Crippen molar-refractivity contribution in [2.24, 2.45) is 0 Å². The number of phenolic OH excluding ortho intramolecular Hbond substituents is 2. The molecule has 0 radical (unpaired) electrons. The molecule has 2 N–H and O–H groups in total. The van der Waals surface area contributed by atoms with Crippen molar-refractivity contribution < 1.29 is 29.3 Å². The molecule has 0 aromatic heterocycles. The van der Waals surface area contributed by atoms with Crippen LogP contribution in [-0.2, 0) is 20.7 Å². The summed E-state index contributed by atoms with van der Waals surface area (Å²) in [6.45, 7) is 1.74. The second-order valence-electron chi connectivity index (χ2n) is 5.98. The van der Waals surface area contributed by atoms with Gasteiger partial charge in [-0.05, 0) is 24.6 Å². The summed E-state index contributed by atoms with van der Waals surface area (Å²) in [6.07, 6.45) is 6.51. The maximum absolute atomic E-state index is 12.4. The summed E-state index contributed by atoms with van der Waals surface area (Å²) >= 11 is 0. The summed E-state index contributed by atoms with van der Waals surface area (Å²) in [5.41, 5.74) is 0.128. The van der Waals surface area contributed by atoms with Crippen molar-refractivity contribution in [1.29, 1.82) is 0 Å². The van der Waals surface area contributed by atoms with E-state index in [-0.39, 0.29) is 41.3 Å². The highest BCUT2D eigenvalue weighted by molar-refractivity contribution is 5.98. The van der Waals surface area contributed by atoms with Crippen LogP contribution in [0.3, 0.4) is 0 Å². The highest BCUT2D eigenvalue weighted by Gasteiger charge is 2.38. The minimum atomic E-state index is -0.725. The van der Waals surface area contributed by atoms with Gasteiger partial charge in [-0.15, -0.1) is 0 Å². The second kappa shape index (κ2) is 6.49. The Morgan fingerprint density at radius 1 is 1.17 bits per heavy atom. The Labute approximate surface area is 139 Å². The van der Waals surface area contributed by atoms with Crippen LogP contribution in [0.15, 0.2) is 36.4 Å². The molecule has 24 heavy (non-hydrogen) atoms. The van der Waals surface area contributed by atoms with Crippen LogP contribution in [-0.4, -0.2) is 40.3 Å². The molecular formula is C18H18O6. The SMILES string of the molecule is C[C@@H]1C[C@@H]2O[C@H]2C=CC=CC(=O)Cc2cc(O)cc(O)c2C(=O)O1. The number of rotatable bonds is 0. The standard InChI is InChI=1S/C18H18O6/c1-10-6-16-15(24-16)5-3-2-4-12(19)7-11-8-13(20)9-14(21)17(11)18(22)23-10/h2-5,8-10,15-16,20-21H,6-7H2,1H3/t10-,15+,16+/m1/s1. The molecule has 0 saturated carbocycles. The van der Waals surface area contributed by atoms with Crippen LogP contribution < -0.4 is 0 Å². The number of phenols is 2. The molecule has 1 saturated heterocycles. The second-order valence-corrected chi connectivity index (χ2v) is 5.98. The van der Waals surface area contributed by atoms with E-state index in [9.17, 15) is 19.8 Å². The molecule has 0 amide bonds. The summed E-state index contributed by atoms with van der Waals surface area (Å²) in [4.78, 5) is 24.4. The van der Waals surface area contributed by atoms with Crippen molar-refractivity contribution in [1.82, 2.24) is 0 Å².